The Hall–Kier alpha value is -3.21. The van der Waals surface area contributed by atoms with Crippen molar-refractivity contribution in [2.75, 3.05) is 23.7 Å². The van der Waals surface area contributed by atoms with Crippen molar-refractivity contribution in [1.29, 1.82) is 0 Å². The summed E-state index contributed by atoms with van der Waals surface area (Å²) in [4.78, 5) is 21.1. The Kier molecular flexibility index (Phi) is 13.3. The molecule has 2 unspecified atom stereocenters. The van der Waals surface area contributed by atoms with E-state index in [0.717, 1.165) is 48.3 Å². The van der Waals surface area contributed by atoms with E-state index in [-0.39, 0.29) is 36.6 Å². The van der Waals surface area contributed by atoms with Crippen molar-refractivity contribution < 1.29 is 19.7 Å². The second kappa shape index (κ2) is 16.2. The van der Waals surface area contributed by atoms with Gasteiger partial charge in [0, 0.05) is 37.8 Å². The van der Waals surface area contributed by atoms with Crippen LogP contribution in [0.5, 0.6) is 5.75 Å². The number of carbonyl (C=O) groups is 1. The number of nitrogens with one attached hydrogen (secondary N) is 4. The molecule has 214 valence electrons. The zero-order valence-corrected chi connectivity index (χ0v) is 22.6. The molecule has 2 aromatic heterocycles. The Balaban J connectivity index is 0.00000137. The van der Waals surface area contributed by atoms with Crippen LogP contribution in [-0.4, -0.2) is 46.7 Å². The van der Waals surface area contributed by atoms with Crippen molar-refractivity contribution in [3.8, 4) is 5.75 Å². The Labute approximate surface area is 244 Å². The standard InChI is InChI=1S/C26H28Cl2N6O2.CO.CH4.H2O/c27-25-21(10-18(14-32-25)9-19-5-7-29-19)31-13-17-3-1-16(2-4-17)11-23(35)34-22-12-20(15-33-26(22)28)36-24-6-8-30-24;1-2;;/h1-4,10,12,14-15,19,24,29-31H,5-9,11,13H2,(H,34,35);;1H4;1H2. The van der Waals surface area contributed by atoms with E-state index in [4.69, 9.17) is 32.6 Å². The first-order chi connectivity index (χ1) is 18.5. The molecule has 1 amide bonds. The van der Waals surface area contributed by atoms with E-state index in [1.807, 2.05) is 30.5 Å². The third-order valence-corrected chi connectivity index (χ3v) is 6.92. The van der Waals surface area contributed by atoms with Crippen LogP contribution in [0.15, 0.2) is 48.8 Å². The van der Waals surface area contributed by atoms with Crippen LogP contribution in [-0.2, 0) is 28.8 Å². The van der Waals surface area contributed by atoms with E-state index in [2.05, 4.69) is 44.0 Å². The maximum absolute atomic E-state index is 12.6. The van der Waals surface area contributed by atoms with E-state index in [1.165, 1.54) is 6.42 Å². The van der Waals surface area contributed by atoms with E-state index >= 15 is 0 Å². The first kappa shape index (κ1) is 33.0. The molecule has 2 saturated heterocycles. The zero-order valence-electron chi connectivity index (χ0n) is 21.1. The van der Waals surface area contributed by atoms with E-state index < -0.39 is 0 Å². The minimum absolute atomic E-state index is 0. The molecular weight excluding hydrogens is 555 g/mol. The number of aromatic nitrogens is 2. The zero-order chi connectivity index (χ0) is 26.9. The molecule has 0 radical (unpaired) electrons. The van der Waals surface area contributed by atoms with Gasteiger partial charge in [-0.25, -0.2) is 9.97 Å². The monoisotopic (exact) mass is 588 g/mol. The number of hydrogen-bond acceptors (Lipinski definition) is 7. The second-order valence-electron chi connectivity index (χ2n) is 9.08. The van der Waals surface area contributed by atoms with Crippen LogP contribution in [0.3, 0.4) is 0 Å². The van der Waals surface area contributed by atoms with Crippen LogP contribution in [0.1, 0.15) is 37.0 Å². The molecule has 2 aliphatic heterocycles. The van der Waals surface area contributed by atoms with Gasteiger partial charge in [-0.15, -0.1) is 0 Å². The molecule has 40 heavy (non-hydrogen) atoms. The van der Waals surface area contributed by atoms with Crippen LogP contribution >= 0.6 is 23.2 Å². The number of hydrogen-bond donors (Lipinski definition) is 4. The molecule has 2 atom stereocenters. The first-order valence-electron chi connectivity index (χ1n) is 12.3. The third-order valence-electron chi connectivity index (χ3n) is 6.32. The van der Waals surface area contributed by atoms with Gasteiger partial charge >= 0.3 is 11.3 Å². The quantitative estimate of drug-likeness (QED) is 0.159. The van der Waals surface area contributed by atoms with Gasteiger partial charge in [-0.2, -0.15) is 0 Å². The molecule has 6 N–H and O–H groups in total. The molecule has 10 nitrogen and oxygen atoms in total. The van der Waals surface area contributed by atoms with Crippen molar-refractivity contribution >= 4 is 40.5 Å². The SMILES string of the molecule is C.O.O=C(Cc1ccc(CNc2cc(CC3CCN3)cnc2Cl)cc1)Nc1cc(OC2CCN2)cnc1Cl.[C-]#[O+]. The molecule has 1 aromatic carbocycles. The second-order valence-corrected chi connectivity index (χ2v) is 9.80. The number of carbonyl (C=O) groups excluding carboxylic acids is 1. The summed E-state index contributed by atoms with van der Waals surface area (Å²) in [6.07, 6.45) is 6.66. The summed E-state index contributed by atoms with van der Waals surface area (Å²) in [6, 6.07) is 12.2. The van der Waals surface area contributed by atoms with Crippen molar-refractivity contribution in [1.82, 2.24) is 20.6 Å². The van der Waals surface area contributed by atoms with Gasteiger partial charge in [-0.1, -0.05) is 54.9 Å². The van der Waals surface area contributed by atoms with Crippen LogP contribution in [0.2, 0.25) is 10.3 Å². The van der Waals surface area contributed by atoms with Gasteiger partial charge in [0.05, 0.1) is 24.0 Å². The fourth-order valence-corrected chi connectivity index (χ4v) is 4.32. The first-order valence-corrected chi connectivity index (χ1v) is 13.0. The topological polar surface area (TPSA) is 152 Å². The molecular formula is C28H34Cl2N6O4. The van der Waals surface area contributed by atoms with Gasteiger partial charge in [0.2, 0.25) is 5.91 Å². The predicted molar refractivity (Wildman–Crippen MR) is 156 cm³/mol. The fourth-order valence-electron chi connectivity index (χ4n) is 3.99. The average Bonchev–Trinajstić information content (AvgIpc) is 2.87. The Bertz CT molecular complexity index is 1270. The molecule has 0 aliphatic carbocycles. The van der Waals surface area contributed by atoms with E-state index in [1.54, 1.807) is 12.3 Å². The molecule has 2 aliphatic rings. The molecule has 12 heteroatoms. The molecule has 5 rings (SSSR count). The predicted octanol–water partition coefficient (Wildman–Crippen LogP) is 3.95. The number of nitrogens with zero attached hydrogens (tertiary/aromatic N) is 2. The Morgan fingerprint density at radius 3 is 2.23 bits per heavy atom. The van der Waals surface area contributed by atoms with Gasteiger partial charge in [-0.3, -0.25) is 10.1 Å². The molecule has 0 spiro atoms. The summed E-state index contributed by atoms with van der Waals surface area (Å²) in [6.45, 7) is 7.11. The molecule has 0 saturated carbocycles. The van der Waals surface area contributed by atoms with Crippen molar-refractivity contribution in [2.45, 2.75) is 51.9 Å². The van der Waals surface area contributed by atoms with Crippen LogP contribution < -0.4 is 26.0 Å². The number of pyridine rings is 2. The van der Waals surface area contributed by atoms with E-state index in [9.17, 15) is 4.79 Å². The summed E-state index contributed by atoms with van der Waals surface area (Å²) < 4.78 is 13.2. The Morgan fingerprint density at radius 2 is 1.60 bits per heavy atom. The number of ether oxygens (including phenoxy) is 1. The number of amides is 1. The summed E-state index contributed by atoms with van der Waals surface area (Å²) in [5, 5.41) is 13.4. The molecule has 3 aromatic rings. The van der Waals surface area contributed by atoms with Crippen LogP contribution in [0.25, 0.3) is 0 Å². The summed E-state index contributed by atoms with van der Waals surface area (Å²) in [5.41, 5.74) is 4.37. The molecule has 2 fully saturated rings. The normalized spacial score (nSPS) is 16.8. The van der Waals surface area contributed by atoms with E-state index in [0.29, 0.717) is 29.2 Å². The Morgan fingerprint density at radius 1 is 0.975 bits per heavy atom. The van der Waals surface area contributed by atoms with Crippen molar-refractivity contribution in [3.63, 3.8) is 0 Å². The van der Waals surface area contributed by atoms with Gasteiger partial charge in [0.25, 0.3) is 0 Å². The number of benzene rings is 1. The molecule has 0 bridgehead atoms. The summed E-state index contributed by atoms with van der Waals surface area (Å²) >= 11 is 12.5. The maximum atomic E-state index is 12.6. The number of anilines is 2. The minimum atomic E-state index is -0.181. The fraction of sp³-hybridized carbons (Fsp3) is 0.357. The third kappa shape index (κ3) is 9.18. The van der Waals surface area contributed by atoms with Crippen LogP contribution in [0, 0.1) is 6.65 Å². The summed E-state index contributed by atoms with van der Waals surface area (Å²) in [7, 11) is 0. The summed E-state index contributed by atoms with van der Waals surface area (Å²) in [5.74, 6) is 0.378. The van der Waals surface area contributed by atoms with Crippen molar-refractivity contribution in [3.05, 3.63) is 82.4 Å². The van der Waals surface area contributed by atoms with Gasteiger partial charge in [0.1, 0.15) is 5.75 Å². The van der Waals surface area contributed by atoms with Crippen LogP contribution in [0.4, 0.5) is 11.4 Å². The van der Waals surface area contributed by atoms with Gasteiger partial charge < -0.3 is 26.2 Å². The van der Waals surface area contributed by atoms with Gasteiger partial charge in [0.15, 0.2) is 16.5 Å². The number of halogens is 2. The van der Waals surface area contributed by atoms with Crippen molar-refractivity contribution in [2.24, 2.45) is 0 Å². The molecule has 4 heterocycles. The average molecular weight is 590 g/mol. The van der Waals surface area contributed by atoms with Gasteiger partial charge in [-0.05, 0) is 42.1 Å². The number of rotatable bonds is 10.